The SMILES string of the molecule is CC.CC.COC(=O)C1(COc2cc(C)c(B3OC(C)(C)C(C)(C)O3)cn2)CC1. The Hall–Kier alpha value is -1.60. The number of methoxy groups -OCH3 is 1. The third-order valence-corrected chi connectivity index (χ3v) is 5.60. The number of ether oxygens (including phenoxy) is 2. The number of carbonyl (C=O) groups excluding carboxylic acids is 1. The van der Waals surface area contributed by atoms with Gasteiger partial charge in [0.25, 0.3) is 0 Å². The van der Waals surface area contributed by atoms with E-state index in [0.29, 0.717) is 12.5 Å². The van der Waals surface area contributed by atoms with Crippen LogP contribution in [0.1, 0.15) is 73.8 Å². The second kappa shape index (κ2) is 9.94. The molecule has 29 heavy (non-hydrogen) atoms. The fourth-order valence-electron chi connectivity index (χ4n) is 2.82. The lowest BCUT2D eigenvalue weighted by molar-refractivity contribution is -0.148. The monoisotopic (exact) mass is 407 g/mol. The molecule has 0 spiro atoms. The average Bonchev–Trinajstić information content (AvgIpc) is 3.45. The van der Waals surface area contributed by atoms with Crippen molar-refractivity contribution in [3.05, 3.63) is 17.8 Å². The molecule has 0 radical (unpaired) electrons. The first-order valence-electron chi connectivity index (χ1n) is 10.6. The van der Waals surface area contributed by atoms with Gasteiger partial charge >= 0.3 is 13.1 Å². The standard InChI is InChI=1S/C18H26BNO5.2C2H6/c1-12-9-14(23-11-18(7-8-18)15(21)22-6)20-10-13(12)19-24-16(2,3)17(4,5)25-19;2*1-2/h9-10H,7-8,11H2,1-6H3;2*1-2H3. The molecule has 1 saturated carbocycles. The first-order chi connectivity index (χ1) is 13.6. The minimum atomic E-state index is -0.491. The van der Waals surface area contributed by atoms with Crippen LogP contribution in [-0.2, 0) is 18.8 Å². The third-order valence-electron chi connectivity index (χ3n) is 5.60. The molecule has 1 aromatic heterocycles. The van der Waals surface area contributed by atoms with E-state index in [4.69, 9.17) is 18.8 Å². The lowest BCUT2D eigenvalue weighted by Gasteiger charge is -2.32. The van der Waals surface area contributed by atoms with Crippen molar-refractivity contribution in [1.29, 1.82) is 0 Å². The van der Waals surface area contributed by atoms with Gasteiger partial charge in [-0.3, -0.25) is 4.79 Å². The first-order valence-corrected chi connectivity index (χ1v) is 10.6. The van der Waals surface area contributed by atoms with Crippen LogP contribution in [-0.4, -0.2) is 43.0 Å². The molecular formula is C22H38BNO5. The number of nitrogens with zero attached hydrogens (tertiary/aromatic N) is 1. The number of hydrogen-bond acceptors (Lipinski definition) is 6. The second-order valence-corrected chi connectivity index (χ2v) is 8.03. The van der Waals surface area contributed by atoms with Gasteiger partial charge in [0.1, 0.15) is 12.0 Å². The Labute approximate surface area is 176 Å². The highest BCUT2D eigenvalue weighted by atomic mass is 16.7. The minimum absolute atomic E-state index is 0.210. The van der Waals surface area contributed by atoms with E-state index >= 15 is 0 Å². The van der Waals surface area contributed by atoms with Crippen molar-refractivity contribution in [2.75, 3.05) is 13.7 Å². The molecule has 2 heterocycles. The van der Waals surface area contributed by atoms with Crippen LogP contribution in [0.25, 0.3) is 0 Å². The van der Waals surface area contributed by atoms with Gasteiger partial charge in [-0.05, 0) is 53.0 Å². The molecule has 1 aliphatic carbocycles. The van der Waals surface area contributed by atoms with E-state index in [1.807, 2.05) is 68.4 Å². The van der Waals surface area contributed by atoms with Crippen molar-refractivity contribution in [1.82, 2.24) is 4.98 Å². The number of rotatable bonds is 5. The van der Waals surface area contributed by atoms with E-state index in [9.17, 15) is 4.79 Å². The van der Waals surface area contributed by atoms with Crippen LogP contribution in [0.4, 0.5) is 0 Å². The van der Waals surface area contributed by atoms with Crippen molar-refractivity contribution in [3.8, 4) is 5.88 Å². The highest BCUT2D eigenvalue weighted by Gasteiger charge is 2.53. The maximum atomic E-state index is 11.8. The molecule has 1 aliphatic heterocycles. The van der Waals surface area contributed by atoms with Crippen LogP contribution >= 0.6 is 0 Å². The molecule has 2 fully saturated rings. The molecule has 0 bridgehead atoms. The van der Waals surface area contributed by atoms with Crippen LogP contribution < -0.4 is 10.2 Å². The zero-order chi connectivity index (χ0) is 22.5. The maximum absolute atomic E-state index is 11.8. The molecule has 0 N–H and O–H groups in total. The lowest BCUT2D eigenvalue weighted by Crippen LogP contribution is -2.41. The number of esters is 1. The molecule has 7 heteroatoms. The molecule has 1 saturated heterocycles. The highest BCUT2D eigenvalue weighted by Crippen LogP contribution is 2.46. The van der Waals surface area contributed by atoms with Gasteiger partial charge < -0.3 is 18.8 Å². The molecule has 0 amide bonds. The van der Waals surface area contributed by atoms with Crippen molar-refractivity contribution in [3.63, 3.8) is 0 Å². The lowest BCUT2D eigenvalue weighted by atomic mass is 9.77. The Kier molecular flexibility index (Phi) is 8.72. The normalized spacial score (nSPS) is 19.9. The smallest absolute Gasteiger partial charge is 0.476 e. The Morgan fingerprint density at radius 1 is 1.10 bits per heavy atom. The number of aryl methyl sites for hydroxylation is 1. The summed E-state index contributed by atoms with van der Waals surface area (Å²) >= 11 is 0. The molecule has 0 aromatic carbocycles. The second-order valence-electron chi connectivity index (χ2n) is 8.03. The fraction of sp³-hybridized carbons (Fsp3) is 0.727. The molecule has 164 valence electrons. The summed E-state index contributed by atoms with van der Waals surface area (Å²) in [6.45, 7) is 18.4. The summed E-state index contributed by atoms with van der Waals surface area (Å²) in [5, 5.41) is 0. The van der Waals surface area contributed by atoms with Gasteiger partial charge in [0.2, 0.25) is 5.88 Å². The van der Waals surface area contributed by atoms with Gasteiger partial charge in [0, 0.05) is 17.7 Å². The summed E-state index contributed by atoms with van der Waals surface area (Å²) in [6.07, 6.45) is 3.32. The van der Waals surface area contributed by atoms with Crippen LogP contribution in [0.5, 0.6) is 5.88 Å². The molecule has 6 nitrogen and oxygen atoms in total. The summed E-state index contributed by atoms with van der Waals surface area (Å²) in [5.74, 6) is 0.283. The summed E-state index contributed by atoms with van der Waals surface area (Å²) in [4.78, 5) is 16.1. The predicted octanol–water partition coefficient (Wildman–Crippen LogP) is 4.07. The Bertz CT molecular complexity index is 670. The number of carbonyl (C=O) groups is 1. The van der Waals surface area contributed by atoms with Gasteiger partial charge in [-0.1, -0.05) is 27.7 Å². The number of pyridine rings is 1. The van der Waals surface area contributed by atoms with E-state index in [1.165, 1.54) is 7.11 Å². The first kappa shape index (κ1) is 25.4. The van der Waals surface area contributed by atoms with E-state index in [2.05, 4.69) is 4.98 Å². The van der Waals surface area contributed by atoms with E-state index in [-0.39, 0.29) is 5.97 Å². The minimum Gasteiger partial charge on any atom is -0.476 e. The van der Waals surface area contributed by atoms with Crippen molar-refractivity contribution in [2.24, 2.45) is 5.41 Å². The summed E-state index contributed by atoms with van der Waals surface area (Å²) in [7, 11) is 0.959. The Morgan fingerprint density at radius 3 is 2.03 bits per heavy atom. The number of hydrogen-bond donors (Lipinski definition) is 0. The topological polar surface area (TPSA) is 66.9 Å². The van der Waals surface area contributed by atoms with Crippen LogP contribution in [0, 0.1) is 12.3 Å². The quantitative estimate of drug-likeness (QED) is 0.542. The summed E-state index contributed by atoms with van der Waals surface area (Å²) < 4.78 is 22.7. The van der Waals surface area contributed by atoms with Crippen LogP contribution in [0.3, 0.4) is 0 Å². The van der Waals surface area contributed by atoms with E-state index in [0.717, 1.165) is 23.9 Å². The zero-order valence-electron chi connectivity index (χ0n) is 19.8. The summed E-state index contributed by atoms with van der Waals surface area (Å²) in [5.41, 5.74) is 0.594. The highest BCUT2D eigenvalue weighted by molar-refractivity contribution is 6.62. The maximum Gasteiger partial charge on any atom is 0.496 e. The van der Waals surface area contributed by atoms with E-state index < -0.39 is 23.7 Å². The number of aromatic nitrogens is 1. The van der Waals surface area contributed by atoms with Gasteiger partial charge in [-0.15, -0.1) is 0 Å². The van der Waals surface area contributed by atoms with Gasteiger partial charge in [-0.25, -0.2) is 4.98 Å². The third kappa shape index (κ3) is 5.51. The molecular weight excluding hydrogens is 369 g/mol. The average molecular weight is 407 g/mol. The van der Waals surface area contributed by atoms with Gasteiger partial charge in [0.15, 0.2) is 0 Å². The van der Waals surface area contributed by atoms with Crippen molar-refractivity contribution < 1.29 is 23.6 Å². The van der Waals surface area contributed by atoms with Crippen LogP contribution in [0.15, 0.2) is 12.3 Å². The molecule has 0 unspecified atom stereocenters. The van der Waals surface area contributed by atoms with Crippen molar-refractivity contribution >= 4 is 18.6 Å². The van der Waals surface area contributed by atoms with Crippen molar-refractivity contribution in [2.45, 2.75) is 86.4 Å². The largest absolute Gasteiger partial charge is 0.496 e. The zero-order valence-corrected chi connectivity index (χ0v) is 19.8. The summed E-state index contributed by atoms with van der Waals surface area (Å²) in [6, 6.07) is 1.85. The van der Waals surface area contributed by atoms with E-state index in [1.54, 1.807) is 6.20 Å². The molecule has 0 atom stereocenters. The van der Waals surface area contributed by atoms with Gasteiger partial charge in [-0.2, -0.15) is 0 Å². The van der Waals surface area contributed by atoms with Crippen LogP contribution in [0.2, 0.25) is 0 Å². The predicted molar refractivity (Wildman–Crippen MR) is 117 cm³/mol. The Morgan fingerprint density at radius 2 is 1.62 bits per heavy atom. The molecule has 3 rings (SSSR count). The fourth-order valence-corrected chi connectivity index (χ4v) is 2.82. The molecule has 2 aliphatic rings. The van der Waals surface area contributed by atoms with Gasteiger partial charge in [0.05, 0.1) is 18.3 Å². The Balaban J connectivity index is 0.000000989. The molecule has 1 aromatic rings.